The first-order valence-corrected chi connectivity index (χ1v) is 10.9. The van der Waals surface area contributed by atoms with Crippen LogP contribution in [0.25, 0.3) is 6.08 Å². The molecule has 1 aliphatic heterocycles. The number of thiocarbonyl (C=S) groups is 1. The number of aromatic nitrogens is 2. The number of nitrogens with zero attached hydrogens (tertiary/aromatic N) is 3. The minimum absolute atomic E-state index is 0.155. The van der Waals surface area contributed by atoms with Gasteiger partial charge in [0.25, 0.3) is 18.8 Å². The van der Waals surface area contributed by atoms with Crippen LogP contribution in [0.2, 0.25) is 0 Å². The summed E-state index contributed by atoms with van der Waals surface area (Å²) in [6, 6.07) is 12.4. The number of amides is 1. The summed E-state index contributed by atoms with van der Waals surface area (Å²) in [5.74, 6) is 0.374. The Balaban J connectivity index is 1.67. The molecule has 12 heteroatoms. The van der Waals surface area contributed by atoms with Crippen LogP contribution >= 0.6 is 12.2 Å². The molecule has 2 heterocycles. The van der Waals surface area contributed by atoms with E-state index in [2.05, 4.69) is 10.4 Å². The summed E-state index contributed by atoms with van der Waals surface area (Å²) in [7, 11) is 2.87. The van der Waals surface area contributed by atoms with Crippen LogP contribution < -0.4 is 19.7 Å². The zero-order chi connectivity index (χ0) is 26.0. The largest absolute Gasteiger partial charge is 0.496 e. The number of anilines is 1. The van der Waals surface area contributed by atoms with Crippen LogP contribution in [0.4, 0.5) is 23.2 Å². The second kappa shape index (κ2) is 10.4. The maximum atomic E-state index is 13.4. The highest BCUT2D eigenvalue weighted by molar-refractivity contribution is 7.80. The molecule has 0 aliphatic carbocycles. The average Bonchev–Trinajstić information content (AvgIpc) is 3.40. The van der Waals surface area contributed by atoms with Crippen LogP contribution in [-0.4, -0.2) is 35.0 Å². The molecule has 188 valence electrons. The Morgan fingerprint density at radius 1 is 1.03 bits per heavy atom. The molecule has 1 amide bonds. The van der Waals surface area contributed by atoms with Crippen molar-refractivity contribution in [3.8, 4) is 11.5 Å². The molecule has 0 bridgehead atoms. The Morgan fingerprint density at radius 2 is 1.75 bits per heavy atom. The van der Waals surface area contributed by atoms with E-state index in [0.29, 0.717) is 34.4 Å². The van der Waals surface area contributed by atoms with Gasteiger partial charge in [0, 0.05) is 5.56 Å². The van der Waals surface area contributed by atoms with Gasteiger partial charge in [-0.25, -0.2) is 22.5 Å². The molecule has 0 radical (unpaired) electrons. The fraction of sp³-hybridized carbons (Fsp3) is 0.208. The van der Waals surface area contributed by atoms with Crippen LogP contribution in [0.15, 0.2) is 54.2 Å². The van der Waals surface area contributed by atoms with Crippen molar-refractivity contribution in [3.63, 3.8) is 0 Å². The number of carbonyl (C=O) groups excluding carboxylic acids is 1. The topological polar surface area (TPSA) is 68.6 Å². The van der Waals surface area contributed by atoms with Gasteiger partial charge in [0.05, 0.1) is 26.5 Å². The number of ether oxygens (including phenoxy) is 2. The van der Waals surface area contributed by atoms with E-state index in [1.54, 1.807) is 42.5 Å². The summed E-state index contributed by atoms with van der Waals surface area (Å²) in [6.07, 6.45) is -4.45. The molecule has 0 spiro atoms. The number of halogens is 4. The van der Waals surface area contributed by atoms with E-state index in [0.717, 1.165) is 4.68 Å². The molecule has 4 rings (SSSR count). The average molecular weight is 521 g/mol. The van der Waals surface area contributed by atoms with Crippen molar-refractivity contribution in [2.45, 2.75) is 19.4 Å². The second-order valence-electron chi connectivity index (χ2n) is 7.62. The number of hydrogen-bond acceptors (Lipinski definition) is 5. The maximum Gasteiger partial charge on any atom is 0.282 e. The van der Waals surface area contributed by atoms with Crippen molar-refractivity contribution in [2.24, 2.45) is 0 Å². The normalized spacial score (nSPS) is 14.8. The Hall–Kier alpha value is -3.93. The molecule has 0 atom stereocenters. The van der Waals surface area contributed by atoms with Crippen molar-refractivity contribution in [1.82, 2.24) is 15.1 Å². The molecule has 36 heavy (non-hydrogen) atoms. The number of rotatable bonds is 8. The van der Waals surface area contributed by atoms with Gasteiger partial charge in [0.15, 0.2) is 5.11 Å². The van der Waals surface area contributed by atoms with Gasteiger partial charge in [-0.1, -0.05) is 18.2 Å². The monoisotopic (exact) mass is 520 g/mol. The van der Waals surface area contributed by atoms with Crippen LogP contribution in [0, 0.1) is 0 Å². The molecule has 2 aromatic carbocycles. The standard InChI is InChI=1S/C24H20F4N4O3S/c1-34-19-8-7-13(9-14(19)12-31-18(22(27)28)11-15(30-31)21(25)26)10-16-23(33)32(24(36)29-16)17-5-3-4-6-20(17)35-2/h3-11,21-22H,12H2,1-2H3,(H,29,36)/b16-10+. The Morgan fingerprint density at radius 3 is 2.42 bits per heavy atom. The Bertz CT molecular complexity index is 1340. The summed E-state index contributed by atoms with van der Waals surface area (Å²) < 4.78 is 64.4. The third-order valence-corrected chi connectivity index (χ3v) is 5.70. The minimum Gasteiger partial charge on any atom is -0.496 e. The van der Waals surface area contributed by atoms with E-state index in [-0.39, 0.29) is 17.4 Å². The van der Waals surface area contributed by atoms with E-state index < -0.39 is 30.1 Å². The van der Waals surface area contributed by atoms with Crippen LogP contribution in [-0.2, 0) is 11.3 Å². The van der Waals surface area contributed by atoms with Gasteiger partial charge in [-0.2, -0.15) is 5.10 Å². The van der Waals surface area contributed by atoms with Crippen molar-refractivity contribution in [2.75, 3.05) is 19.1 Å². The molecular weight excluding hydrogens is 500 g/mol. The number of nitrogens with one attached hydrogen (secondary N) is 1. The van der Waals surface area contributed by atoms with Crippen molar-refractivity contribution in [1.29, 1.82) is 0 Å². The third-order valence-electron chi connectivity index (χ3n) is 5.42. The second-order valence-corrected chi connectivity index (χ2v) is 8.01. The quantitative estimate of drug-likeness (QED) is 0.254. The van der Waals surface area contributed by atoms with Crippen LogP contribution in [0.3, 0.4) is 0 Å². The van der Waals surface area contributed by atoms with Crippen LogP contribution in [0.1, 0.15) is 35.4 Å². The van der Waals surface area contributed by atoms with Crippen LogP contribution in [0.5, 0.6) is 11.5 Å². The summed E-state index contributed by atoms with van der Waals surface area (Å²) >= 11 is 5.35. The highest BCUT2D eigenvalue weighted by atomic mass is 32.1. The first-order valence-electron chi connectivity index (χ1n) is 10.5. The maximum absolute atomic E-state index is 13.4. The Kier molecular flexibility index (Phi) is 7.25. The van der Waals surface area contributed by atoms with E-state index >= 15 is 0 Å². The lowest BCUT2D eigenvalue weighted by molar-refractivity contribution is -0.113. The predicted octanol–water partition coefficient (Wildman–Crippen LogP) is 5.09. The molecule has 3 aromatic rings. The summed E-state index contributed by atoms with van der Waals surface area (Å²) in [6.45, 7) is -0.250. The lowest BCUT2D eigenvalue weighted by Crippen LogP contribution is -2.30. The Labute approximate surface area is 208 Å². The summed E-state index contributed by atoms with van der Waals surface area (Å²) in [5.41, 5.74) is 0.178. The van der Waals surface area contributed by atoms with Gasteiger partial charge in [-0.3, -0.25) is 9.48 Å². The smallest absolute Gasteiger partial charge is 0.282 e. The minimum atomic E-state index is -3.00. The van der Waals surface area contributed by atoms with Crippen molar-refractivity contribution in [3.05, 3.63) is 76.7 Å². The van der Waals surface area contributed by atoms with Gasteiger partial charge in [0.1, 0.15) is 28.6 Å². The molecule has 1 N–H and O–H groups in total. The number of hydrogen-bond donors (Lipinski definition) is 1. The number of para-hydroxylation sites is 2. The SMILES string of the molecule is COc1ccc(/C=C2/NC(=S)N(c3ccccc3OC)C2=O)cc1Cn1nc(C(F)F)cc1C(F)F. The van der Waals surface area contributed by atoms with Crippen molar-refractivity contribution < 1.29 is 31.8 Å². The third kappa shape index (κ3) is 4.89. The first-order chi connectivity index (χ1) is 17.2. The number of benzene rings is 2. The molecule has 7 nitrogen and oxygen atoms in total. The van der Waals surface area contributed by atoms with Gasteiger partial charge in [-0.05, 0) is 54.2 Å². The van der Waals surface area contributed by atoms with Gasteiger partial charge >= 0.3 is 0 Å². The zero-order valence-corrected chi connectivity index (χ0v) is 19.9. The predicted molar refractivity (Wildman–Crippen MR) is 128 cm³/mol. The van der Waals surface area contributed by atoms with Gasteiger partial charge < -0.3 is 14.8 Å². The highest BCUT2D eigenvalue weighted by Gasteiger charge is 2.33. The van der Waals surface area contributed by atoms with E-state index in [4.69, 9.17) is 21.7 Å². The molecular formula is C24H20F4N4O3S. The van der Waals surface area contributed by atoms with Gasteiger partial charge in [0.2, 0.25) is 0 Å². The van der Waals surface area contributed by atoms with Crippen molar-refractivity contribution >= 4 is 35.0 Å². The molecule has 1 aliphatic rings. The molecule has 1 saturated heterocycles. The van der Waals surface area contributed by atoms with E-state index in [1.165, 1.54) is 25.2 Å². The summed E-state index contributed by atoms with van der Waals surface area (Å²) in [4.78, 5) is 14.4. The number of alkyl halides is 4. The molecule has 0 unspecified atom stereocenters. The lowest BCUT2D eigenvalue weighted by atomic mass is 10.1. The highest BCUT2D eigenvalue weighted by Crippen LogP contribution is 2.32. The van der Waals surface area contributed by atoms with E-state index in [1.807, 2.05) is 0 Å². The van der Waals surface area contributed by atoms with Gasteiger partial charge in [-0.15, -0.1) is 0 Å². The van der Waals surface area contributed by atoms with E-state index in [9.17, 15) is 22.4 Å². The molecule has 1 aromatic heterocycles. The molecule has 0 saturated carbocycles. The first kappa shape index (κ1) is 25.2. The fourth-order valence-electron chi connectivity index (χ4n) is 3.77. The molecule has 1 fully saturated rings. The zero-order valence-electron chi connectivity index (χ0n) is 19.0. The lowest BCUT2D eigenvalue weighted by Gasteiger charge is -2.17. The number of methoxy groups -OCH3 is 2. The summed E-state index contributed by atoms with van der Waals surface area (Å²) in [5, 5.41) is 6.66. The number of carbonyl (C=O) groups is 1. The fourth-order valence-corrected chi connectivity index (χ4v) is 4.06.